The molecule has 0 radical (unpaired) electrons. The van der Waals surface area contributed by atoms with Gasteiger partial charge in [-0.1, -0.05) is 40.5 Å². The van der Waals surface area contributed by atoms with E-state index < -0.39 is 0 Å². The molecule has 0 saturated heterocycles. The smallest absolute Gasteiger partial charge is 0.0972 e. The van der Waals surface area contributed by atoms with Crippen molar-refractivity contribution in [2.45, 2.75) is 13.3 Å². The van der Waals surface area contributed by atoms with Gasteiger partial charge in [0.25, 0.3) is 0 Å². The molecule has 0 aliphatic heterocycles. The van der Waals surface area contributed by atoms with Crippen LogP contribution in [0.3, 0.4) is 0 Å². The van der Waals surface area contributed by atoms with Crippen molar-refractivity contribution >= 4 is 49.0 Å². The average Bonchev–Trinajstić information content (AvgIpc) is 2.39. The first kappa shape index (κ1) is 9.50. The Balaban J connectivity index is 2.79. The molecule has 0 fully saturated rings. The molecule has 0 nitrogen and oxygen atoms in total. The van der Waals surface area contributed by atoms with Gasteiger partial charge in [-0.25, -0.2) is 0 Å². The van der Waals surface area contributed by atoms with Gasteiger partial charge in [0.15, 0.2) is 0 Å². The van der Waals surface area contributed by atoms with Gasteiger partial charge in [0.05, 0.1) is 4.34 Å². The minimum absolute atomic E-state index is 0.926. The van der Waals surface area contributed by atoms with Gasteiger partial charge in [-0.2, -0.15) is 0 Å². The Bertz CT molecular complexity index is 447. The Morgan fingerprint density at radius 1 is 1.46 bits per heavy atom. The van der Waals surface area contributed by atoms with Crippen LogP contribution in [0, 0.1) is 0 Å². The summed E-state index contributed by atoms with van der Waals surface area (Å²) in [6.07, 6.45) is 1.00. The first-order chi connectivity index (χ1) is 6.22. The third-order valence-electron chi connectivity index (χ3n) is 2.06. The van der Waals surface area contributed by atoms with Crippen molar-refractivity contribution in [1.29, 1.82) is 0 Å². The third kappa shape index (κ3) is 1.63. The van der Waals surface area contributed by atoms with Crippen LogP contribution in [0.1, 0.15) is 12.5 Å². The SMILES string of the molecule is CCc1c(Cl)sc2cc(Br)ccc12. The summed E-state index contributed by atoms with van der Waals surface area (Å²) in [5, 5.41) is 1.29. The fourth-order valence-electron chi connectivity index (χ4n) is 1.42. The normalized spacial score (nSPS) is 11.0. The summed E-state index contributed by atoms with van der Waals surface area (Å²) in [6.45, 7) is 2.13. The van der Waals surface area contributed by atoms with Gasteiger partial charge in [-0.3, -0.25) is 0 Å². The largest absolute Gasteiger partial charge is 0.123 e. The zero-order valence-electron chi connectivity index (χ0n) is 7.10. The Hall–Kier alpha value is -0.0500. The molecular weight excluding hydrogens is 268 g/mol. The highest BCUT2D eigenvalue weighted by Crippen LogP contribution is 2.36. The lowest BCUT2D eigenvalue weighted by atomic mass is 10.1. The van der Waals surface area contributed by atoms with E-state index in [-0.39, 0.29) is 0 Å². The number of benzene rings is 1. The summed E-state index contributed by atoms with van der Waals surface area (Å²) in [6, 6.07) is 6.30. The van der Waals surface area contributed by atoms with E-state index in [2.05, 4.69) is 41.1 Å². The lowest BCUT2D eigenvalue weighted by Crippen LogP contribution is -1.76. The van der Waals surface area contributed by atoms with Crippen LogP contribution in [-0.4, -0.2) is 0 Å². The number of aryl methyl sites for hydroxylation is 1. The highest BCUT2D eigenvalue weighted by atomic mass is 79.9. The molecule has 0 atom stereocenters. The molecule has 13 heavy (non-hydrogen) atoms. The van der Waals surface area contributed by atoms with Gasteiger partial charge in [0.2, 0.25) is 0 Å². The van der Waals surface area contributed by atoms with E-state index in [1.165, 1.54) is 15.6 Å². The zero-order chi connectivity index (χ0) is 9.42. The molecule has 0 N–H and O–H groups in total. The zero-order valence-corrected chi connectivity index (χ0v) is 10.3. The number of fused-ring (bicyclic) bond motifs is 1. The van der Waals surface area contributed by atoms with Gasteiger partial charge >= 0.3 is 0 Å². The van der Waals surface area contributed by atoms with Gasteiger partial charge in [-0.05, 0) is 29.5 Å². The second-order valence-electron chi connectivity index (χ2n) is 2.85. The molecule has 1 aromatic carbocycles. The van der Waals surface area contributed by atoms with Crippen molar-refractivity contribution in [1.82, 2.24) is 0 Å². The first-order valence-electron chi connectivity index (χ1n) is 4.08. The molecule has 1 heterocycles. The van der Waals surface area contributed by atoms with E-state index in [4.69, 9.17) is 11.6 Å². The molecule has 0 saturated carbocycles. The van der Waals surface area contributed by atoms with Crippen LogP contribution < -0.4 is 0 Å². The molecular formula is C10H8BrClS. The average molecular weight is 276 g/mol. The number of thiophene rings is 1. The van der Waals surface area contributed by atoms with Crippen molar-refractivity contribution in [2.75, 3.05) is 0 Å². The van der Waals surface area contributed by atoms with Gasteiger partial charge in [0, 0.05) is 9.17 Å². The molecule has 0 aliphatic rings. The lowest BCUT2D eigenvalue weighted by molar-refractivity contribution is 1.17. The summed E-state index contributed by atoms with van der Waals surface area (Å²) in [4.78, 5) is 0. The second-order valence-corrected chi connectivity index (χ2v) is 5.42. The van der Waals surface area contributed by atoms with Crippen LogP contribution in [0.5, 0.6) is 0 Å². The highest BCUT2D eigenvalue weighted by Gasteiger charge is 2.08. The first-order valence-corrected chi connectivity index (χ1v) is 6.07. The quantitative estimate of drug-likeness (QED) is 0.696. The predicted octanol–water partition coefficient (Wildman–Crippen LogP) is 4.88. The van der Waals surface area contributed by atoms with Crippen molar-refractivity contribution in [3.8, 4) is 0 Å². The summed E-state index contributed by atoms with van der Waals surface area (Å²) < 4.78 is 3.30. The maximum atomic E-state index is 6.12. The minimum atomic E-state index is 0.926. The molecule has 1 aromatic heterocycles. The van der Waals surface area contributed by atoms with Crippen LogP contribution in [0.2, 0.25) is 4.34 Å². The molecule has 2 aromatic rings. The molecule has 0 unspecified atom stereocenters. The minimum Gasteiger partial charge on any atom is -0.123 e. The molecule has 0 bridgehead atoms. The summed E-state index contributed by atoms with van der Waals surface area (Å²) in [7, 11) is 0. The summed E-state index contributed by atoms with van der Waals surface area (Å²) >= 11 is 11.2. The number of hydrogen-bond acceptors (Lipinski definition) is 1. The van der Waals surface area contributed by atoms with E-state index in [9.17, 15) is 0 Å². The lowest BCUT2D eigenvalue weighted by Gasteiger charge is -1.94. The Morgan fingerprint density at radius 2 is 2.23 bits per heavy atom. The summed E-state index contributed by atoms with van der Waals surface area (Å²) in [5.41, 5.74) is 1.27. The predicted molar refractivity (Wildman–Crippen MR) is 63.9 cm³/mol. The van der Waals surface area contributed by atoms with Gasteiger partial charge in [0.1, 0.15) is 0 Å². The van der Waals surface area contributed by atoms with E-state index in [0.717, 1.165) is 15.2 Å². The summed E-state index contributed by atoms with van der Waals surface area (Å²) in [5.74, 6) is 0. The van der Waals surface area contributed by atoms with Crippen LogP contribution >= 0.6 is 38.9 Å². The van der Waals surface area contributed by atoms with Crippen molar-refractivity contribution in [2.24, 2.45) is 0 Å². The monoisotopic (exact) mass is 274 g/mol. The Morgan fingerprint density at radius 3 is 2.92 bits per heavy atom. The molecule has 0 amide bonds. The van der Waals surface area contributed by atoms with E-state index in [1.807, 2.05) is 0 Å². The second kappa shape index (κ2) is 3.60. The van der Waals surface area contributed by atoms with E-state index >= 15 is 0 Å². The number of halogens is 2. The fourth-order valence-corrected chi connectivity index (χ4v) is 3.48. The fraction of sp³-hybridized carbons (Fsp3) is 0.200. The van der Waals surface area contributed by atoms with Crippen molar-refractivity contribution in [3.63, 3.8) is 0 Å². The highest BCUT2D eigenvalue weighted by molar-refractivity contribution is 9.10. The van der Waals surface area contributed by atoms with Crippen molar-refractivity contribution in [3.05, 3.63) is 32.6 Å². The number of rotatable bonds is 1. The van der Waals surface area contributed by atoms with E-state index in [0.29, 0.717) is 0 Å². The Kier molecular flexibility index (Phi) is 2.63. The van der Waals surface area contributed by atoms with Crippen LogP contribution in [0.15, 0.2) is 22.7 Å². The van der Waals surface area contributed by atoms with Gasteiger partial charge < -0.3 is 0 Å². The van der Waals surface area contributed by atoms with E-state index in [1.54, 1.807) is 11.3 Å². The third-order valence-corrected chi connectivity index (χ3v) is 4.00. The molecule has 0 spiro atoms. The molecule has 2 rings (SSSR count). The standard InChI is InChI=1S/C10H8BrClS/c1-2-7-8-4-3-6(11)5-9(8)13-10(7)12/h3-5H,2H2,1H3. The molecule has 0 aliphatic carbocycles. The van der Waals surface area contributed by atoms with Crippen LogP contribution in [0.4, 0.5) is 0 Å². The van der Waals surface area contributed by atoms with Crippen LogP contribution in [0.25, 0.3) is 10.1 Å². The maximum absolute atomic E-state index is 6.12. The Labute approximate surface area is 94.7 Å². The van der Waals surface area contributed by atoms with Crippen molar-refractivity contribution < 1.29 is 0 Å². The molecule has 68 valence electrons. The molecule has 3 heteroatoms. The maximum Gasteiger partial charge on any atom is 0.0972 e. The number of hydrogen-bond donors (Lipinski definition) is 0. The van der Waals surface area contributed by atoms with Crippen LogP contribution in [-0.2, 0) is 6.42 Å². The van der Waals surface area contributed by atoms with Gasteiger partial charge in [-0.15, -0.1) is 11.3 Å². The topological polar surface area (TPSA) is 0 Å².